The molecular formula is C23H22F4N2O2. The average molecular weight is 434 g/mol. The normalized spacial score (nSPS) is 23.0. The van der Waals surface area contributed by atoms with Gasteiger partial charge in [0.05, 0.1) is 11.3 Å². The summed E-state index contributed by atoms with van der Waals surface area (Å²) < 4.78 is 53.6. The number of nitrogens with one attached hydrogen (secondary N) is 1. The number of anilines is 1. The summed E-state index contributed by atoms with van der Waals surface area (Å²) in [5.74, 6) is -0.863. The van der Waals surface area contributed by atoms with Crippen LogP contribution in [-0.4, -0.2) is 29.1 Å². The van der Waals surface area contributed by atoms with E-state index in [1.165, 1.54) is 18.2 Å². The molecule has 2 aromatic rings. The Hall–Kier alpha value is -3.03. The van der Waals surface area contributed by atoms with Crippen molar-refractivity contribution in [1.29, 1.82) is 0 Å². The van der Waals surface area contributed by atoms with Gasteiger partial charge < -0.3 is 15.3 Å². The molecule has 2 amide bonds. The third kappa shape index (κ3) is 4.24. The first-order valence-corrected chi connectivity index (χ1v) is 10.0. The second-order valence-corrected chi connectivity index (χ2v) is 8.25. The number of alkyl halides is 3. The Morgan fingerprint density at radius 3 is 2.35 bits per heavy atom. The van der Waals surface area contributed by atoms with Crippen LogP contribution in [0.3, 0.4) is 0 Å². The summed E-state index contributed by atoms with van der Waals surface area (Å²) in [6, 6.07) is 8.92. The lowest BCUT2D eigenvalue weighted by atomic mass is 9.91. The molecule has 4 nitrogen and oxygen atoms in total. The van der Waals surface area contributed by atoms with E-state index in [4.69, 9.17) is 0 Å². The minimum atomic E-state index is -4.39. The number of urea groups is 1. The van der Waals surface area contributed by atoms with Gasteiger partial charge in [0.1, 0.15) is 11.6 Å². The molecule has 3 atom stereocenters. The first kappa shape index (κ1) is 21.2. The first-order valence-electron chi connectivity index (χ1n) is 10.0. The van der Waals surface area contributed by atoms with E-state index in [0.717, 1.165) is 12.1 Å². The zero-order chi connectivity index (χ0) is 22.3. The van der Waals surface area contributed by atoms with Crippen molar-refractivity contribution in [3.63, 3.8) is 0 Å². The Morgan fingerprint density at radius 1 is 1.10 bits per heavy atom. The van der Waals surface area contributed by atoms with E-state index in [2.05, 4.69) is 11.9 Å². The molecule has 1 aliphatic carbocycles. The average Bonchev–Trinajstić information content (AvgIpc) is 3.28. The fourth-order valence-electron chi connectivity index (χ4n) is 4.89. The van der Waals surface area contributed by atoms with Crippen molar-refractivity contribution in [3.05, 3.63) is 71.6 Å². The van der Waals surface area contributed by atoms with Crippen LogP contribution in [0.1, 0.15) is 35.4 Å². The van der Waals surface area contributed by atoms with E-state index in [-0.39, 0.29) is 34.8 Å². The maximum Gasteiger partial charge on any atom is 0.416 e. The Morgan fingerprint density at radius 2 is 1.74 bits per heavy atom. The third-order valence-electron chi connectivity index (χ3n) is 6.28. The lowest BCUT2D eigenvalue weighted by molar-refractivity contribution is -0.138. The van der Waals surface area contributed by atoms with Crippen LogP contribution < -0.4 is 5.32 Å². The maximum atomic E-state index is 13.4. The molecule has 31 heavy (non-hydrogen) atoms. The van der Waals surface area contributed by atoms with Crippen LogP contribution in [0.2, 0.25) is 0 Å². The van der Waals surface area contributed by atoms with Crippen molar-refractivity contribution >= 4 is 17.5 Å². The van der Waals surface area contributed by atoms with E-state index >= 15 is 0 Å². The van der Waals surface area contributed by atoms with Crippen molar-refractivity contribution in [3.8, 4) is 0 Å². The number of rotatable bonds is 3. The number of amides is 2. The fraction of sp³-hybridized carbons (Fsp3) is 0.348. The number of halogens is 4. The predicted molar refractivity (Wildman–Crippen MR) is 109 cm³/mol. The summed E-state index contributed by atoms with van der Waals surface area (Å²) in [6.07, 6.45) is -3.20. The third-order valence-corrected chi connectivity index (χ3v) is 6.28. The summed E-state index contributed by atoms with van der Waals surface area (Å²) in [7, 11) is 0. The molecule has 1 saturated carbocycles. The van der Waals surface area contributed by atoms with Gasteiger partial charge in [-0.1, -0.05) is 24.8 Å². The van der Waals surface area contributed by atoms with Gasteiger partial charge in [0.15, 0.2) is 0 Å². The van der Waals surface area contributed by atoms with E-state index in [9.17, 15) is 27.5 Å². The smallest absolute Gasteiger partial charge is 0.416 e. The minimum Gasteiger partial charge on any atom is -0.508 e. The largest absolute Gasteiger partial charge is 0.508 e. The molecule has 2 aliphatic rings. The van der Waals surface area contributed by atoms with E-state index in [1.54, 1.807) is 17.0 Å². The van der Waals surface area contributed by atoms with Gasteiger partial charge in [0.2, 0.25) is 0 Å². The van der Waals surface area contributed by atoms with Crippen LogP contribution in [0.5, 0.6) is 0 Å². The summed E-state index contributed by atoms with van der Waals surface area (Å²) in [4.78, 5) is 14.3. The molecule has 0 radical (unpaired) electrons. The van der Waals surface area contributed by atoms with Crippen LogP contribution >= 0.6 is 0 Å². The Bertz CT molecular complexity index is 1010. The first-order chi connectivity index (χ1) is 14.6. The molecule has 0 bridgehead atoms. The summed E-state index contributed by atoms with van der Waals surface area (Å²) in [5, 5.41) is 12.3. The van der Waals surface area contributed by atoms with Gasteiger partial charge in [-0.3, -0.25) is 0 Å². The topological polar surface area (TPSA) is 52.6 Å². The number of likely N-dealkylation sites (tertiary alicyclic amines) is 1. The van der Waals surface area contributed by atoms with Gasteiger partial charge in [-0.05, 0) is 60.4 Å². The molecular weight excluding hydrogens is 412 g/mol. The molecule has 1 heterocycles. The van der Waals surface area contributed by atoms with E-state index in [0.29, 0.717) is 31.5 Å². The van der Waals surface area contributed by atoms with Gasteiger partial charge in [0.25, 0.3) is 0 Å². The van der Waals surface area contributed by atoms with Crippen LogP contribution in [0.4, 0.5) is 28.0 Å². The molecule has 1 aliphatic heterocycles. The lowest BCUT2D eigenvalue weighted by Gasteiger charge is -2.22. The highest BCUT2D eigenvalue weighted by Crippen LogP contribution is 2.48. The molecule has 1 saturated heterocycles. The van der Waals surface area contributed by atoms with Crippen LogP contribution in [-0.2, 0) is 6.18 Å². The Labute approximate surface area is 177 Å². The number of hydrogen-bond acceptors (Lipinski definition) is 2. The van der Waals surface area contributed by atoms with Crippen molar-refractivity contribution < 1.29 is 27.5 Å². The number of fused-ring (bicyclic) bond motifs is 1. The van der Waals surface area contributed by atoms with Gasteiger partial charge >= 0.3 is 12.2 Å². The molecule has 0 aromatic heterocycles. The number of aliphatic hydroxyl groups excluding tert-OH is 1. The Kier molecular flexibility index (Phi) is 5.41. The van der Waals surface area contributed by atoms with Crippen LogP contribution in [0.15, 0.2) is 49.0 Å². The quantitative estimate of drug-likeness (QED) is 0.458. The number of carbonyl (C=O) groups excluding carboxylic acids is 1. The van der Waals surface area contributed by atoms with Crippen LogP contribution in [0.25, 0.3) is 5.76 Å². The fourth-order valence-corrected chi connectivity index (χ4v) is 4.89. The molecule has 164 valence electrons. The minimum absolute atomic E-state index is 0.0940. The van der Waals surface area contributed by atoms with Crippen molar-refractivity contribution in [2.24, 2.45) is 11.8 Å². The molecule has 2 fully saturated rings. The highest BCUT2D eigenvalue weighted by Gasteiger charge is 2.45. The highest BCUT2D eigenvalue weighted by molar-refractivity contribution is 5.92. The maximum absolute atomic E-state index is 13.4. The van der Waals surface area contributed by atoms with E-state index in [1.807, 2.05) is 0 Å². The number of benzene rings is 2. The van der Waals surface area contributed by atoms with Crippen molar-refractivity contribution in [2.75, 3.05) is 18.4 Å². The zero-order valence-electron chi connectivity index (χ0n) is 16.6. The number of nitrogens with zero attached hydrogens (tertiary/aromatic N) is 1. The molecule has 2 N–H and O–H groups in total. The van der Waals surface area contributed by atoms with Gasteiger partial charge in [-0.2, -0.15) is 13.2 Å². The van der Waals surface area contributed by atoms with Gasteiger partial charge in [-0.25, -0.2) is 9.18 Å². The van der Waals surface area contributed by atoms with Gasteiger partial charge in [0, 0.05) is 18.7 Å². The predicted octanol–water partition coefficient (Wildman–Crippen LogP) is 6.03. The summed E-state index contributed by atoms with van der Waals surface area (Å²) in [5.41, 5.74) is 0.0879. The second-order valence-electron chi connectivity index (χ2n) is 8.25. The SMILES string of the molecule is C=C(O)c1cc(F)ccc1NC(=O)N1C[C@H]2CC(c3ccccc3C(F)(F)F)C[C@H]2C1. The number of hydrogen-bond donors (Lipinski definition) is 2. The standard InChI is InChI=1S/C23H22F4N2O2/c1-13(30)19-10-17(24)6-7-21(19)28-22(31)29-11-15-8-14(9-16(15)12-29)18-4-2-3-5-20(18)23(25,26)27/h2-7,10,14-16,30H,1,8-9,11-12H2,(H,28,31)/t14?,15-,16+. The lowest BCUT2D eigenvalue weighted by Crippen LogP contribution is -2.34. The molecule has 2 aromatic carbocycles. The second kappa shape index (κ2) is 7.90. The van der Waals surface area contributed by atoms with Crippen LogP contribution in [0, 0.1) is 17.7 Å². The number of aliphatic hydroxyl groups is 1. The molecule has 0 spiro atoms. The van der Waals surface area contributed by atoms with Crippen molar-refractivity contribution in [2.45, 2.75) is 24.9 Å². The molecule has 8 heteroatoms. The number of carbonyl (C=O) groups is 1. The van der Waals surface area contributed by atoms with Gasteiger partial charge in [-0.15, -0.1) is 0 Å². The monoisotopic (exact) mass is 434 g/mol. The summed E-state index contributed by atoms with van der Waals surface area (Å²) >= 11 is 0. The zero-order valence-corrected chi connectivity index (χ0v) is 16.6. The highest BCUT2D eigenvalue weighted by atomic mass is 19.4. The summed E-state index contributed by atoms with van der Waals surface area (Å²) in [6.45, 7) is 4.27. The molecule has 4 rings (SSSR count). The Balaban J connectivity index is 1.43. The van der Waals surface area contributed by atoms with E-state index < -0.39 is 23.6 Å². The van der Waals surface area contributed by atoms with Crippen molar-refractivity contribution in [1.82, 2.24) is 4.90 Å². The molecule has 1 unspecified atom stereocenters.